The summed E-state index contributed by atoms with van der Waals surface area (Å²) in [5, 5.41) is 4.68. The molecule has 0 unspecified atom stereocenters. The topological polar surface area (TPSA) is 55.4 Å². The lowest BCUT2D eigenvalue weighted by atomic mass is 9.64. The summed E-state index contributed by atoms with van der Waals surface area (Å²) < 4.78 is 5.97. The molecule has 0 atom stereocenters. The van der Waals surface area contributed by atoms with Crippen molar-refractivity contribution in [1.29, 1.82) is 0 Å². The van der Waals surface area contributed by atoms with Crippen LogP contribution in [0.4, 0.5) is 0 Å². The highest BCUT2D eigenvalue weighted by molar-refractivity contribution is 6.32. The Bertz CT molecular complexity index is 1270. The molecule has 3 aliphatic rings. The van der Waals surface area contributed by atoms with E-state index in [0.29, 0.717) is 46.4 Å². The quantitative estimate of drug-likeness (QED) is 0.449. The van der Waals surface area contributed by atoms with Gasteiger partial charge in [0.25, 0.3) is 0 Å². The van der Waals surface area contributed by atoms with E-state index in [9.17, 15) is 9.59 Å². The molecule has 0 fully saturated rings. The summed E-state index contributed by atoms with van der Waals surface area (Å²) in [5.74, 6) is 0.343. The van der Waals surface area contributed by atoms with E-state index in [4.69, 9.17) is 27.9 Å². The summed E-state index contributed by atoms with van der Waals surface area (Å²) in [5.41, 5.74) is 4.90. The molecule has 0 saturated carbocycles. The van der Waals surface area contributed by atoms with Gasteiger partial charge in [-0.15, -0.1) is 0 Å². The lowest BCUT2D eigenvalue weighted by Crippen LogP contribution is -2.42. The lowest BCUT2D eigenvalue weighted by molar-refractivity contribution is -0.119. The molecule has 2 aliphatic carbocycles. The van der Waals surface area contributed by atoms with Crippen LogP contribution in [-0.4, -0.2) is 11.6 Å². The van der Waals surface area contributed by atoms with Crippen LogP contribution in [0.15, 0.2) is 65.0 Å². The first-order valence-corrected chi connectivity index (χ1v) is 13.1. The molecule has 36 heavy (non-hydrogen) atoms. The fraction of sp³-hybridized carbons (Fsp3) is 0.400. The third-order valence-electron chi connectivity index (χ3n) is 7.32. The van der Waals surface area contributed by atoms with Gasteiger partial charge in [0.1, 0.15) is 12.4 Å². The summed E-state index contributed by atoms with van der Waals surface area (Å²) in [6, 6.07) is 13.1. The number of halogens is 2. The number of hydrogen-bond donors (Lipinski definition) is 1. The third kappa shape index (κ3) is 4.86. The summed E-state index contributed by atoms with van der Waals surface area (Å²) in [4.78, 5) is 26.9. The van der Waals surface area contributed by atoms with Crippen LogP contribution in [0.25, 0.3) is 0 Å². The average Bonchev–Trinajstić information content (AvgIpc) is 2.76. The fourth-order valence-electron chi connectivity index (χ4n) is 5.78. The van der Waals surface area contributed by atoms with E-state index in [0.717, 1.165) is 35.4 Å². The van der Waals surface area contributed by atoms with E-state index in [-0.39, 0.29) is 22.4 Å². The van der Waals surface area contributed by atoms with Crippen LogP contribution < -0.4 is 10.1 Å². The summed E-state index contributed by atoms with van der Waals surface area (Å²) in [6.45, 7) is 8.84. The number of nitrogens with one attached hydrogen (secondary N) is 1. The second kappa shape index (κ2) is 9.08. The van der Waals surface area contributed by atoms with E-state index in [1.54, 1.807) is 0 Å². The first-order valence-electron chi connectivity index (χ1n) is 12.4. The molecule has 2 aromatic rings. The van der Waals surface area contributed by atoms with Gasteiger partial charge in [0, 0.05) is 46.3 Å². The molecule has 188 valence electrons. The number of hydrogen-bond acceptors (Lipinski definition) is 4. The van der Waals surface area contributed by atoms with Gasteiger partial charge >= 0.3 is 0 Å². The molecule has 2 aromatic carbocycles. The van der Waals surface area contributed by atoms with Crippen molar-refractivity contribution in [2.75, 3.05) is 0 Å². The highest BCUT2D eigenvalue weighted by Crippen LogP contribution is 2.51. The molecule has 1 N–H and O–H groups in total. The van der Waals surface area contributed by atoms with E-state index in [1.807, 2.05) is 42.5 Å². The maximum absolute atomic E-state index is 13.5. The summed E-state index contributed by atoms with van der Waals surface area (Å²) in [7, 11) is 0. The largest absolute Gasteiger partial charge is 0.487 e. The molecule has 0 saturated heterocycles. The monoisotopic (exact) mass is 523 g/mol. The number of carbonyl (C=O) groups is 2. The maximum atomic E-state index is 13.5. The van der Waals surface area contributed by atoms with Crippen molar-refractivity contribution >= 4 is 34.8 Å². The molecule has 1 aliphatic heterocycles. The molecule has 0 radical (unpaired) electrons. The Balaban J connectivity index is 1.52. The van der Waals surface area contributed by atoms with Gasteiger partial charge in [-0.2, -0.15) is 0 Å². The normalized spacial score (nSPS) is 21.2. The number of carbonyl (C=O) groups excluding carboxylic acids is 2. The number of benzene rings is 2. The van der Waals surface area contributed by atoms with Crippen LogP contribution >= 0.6 is 23.2 Å². The SMILES string of the molecule is CC1(C)CC(=O)C2=C(C1)NC1=C(C(=O)CC(C)(C)C1)C2c1ccc(OCc2ccc(Cl)cc2)c(Cl)c1. The van der Waals surface area contributed by atoms with E-state index in [1.165, 1.54) is 0 Å². The number of rotatable bonds is 4. The van der Waals surface area contributed by atoms with Crippen molar-refractivity contribution in [1.82, 2.24) is 5.32 Å². The Morgan fingerprint density at radius 3 is 1.92 bits per heavy atom. The van der Waals surface area contributed by atoms with Crippen molar-refractivity contribution in [3.63, 3.8) is 0 Å². The number of Topliss-reactive ketones (excluding diaryl/α,β-unsaturated/α-hetero) is 2. The fourth-order valence-corrected chi connectivity index (χ4v) is 6.15. The number of allylic oxidation sites excluding steroid dienone is 4. The van der Waals surface area contributed by atoms with Crippen LogP contribution in [0.2, 0.25) is 10.0 Å². The summed E-state index contributed by atoms with van der Waals surface area (Å²) >= 11 is 12.7. The predicted molar refractivity (Wildman–Crippen MR) is 143 cm³/mol. The highest BCUT2D eigenvalue weighted by Gasteiger charge is 2.46. The Morgan fingerprint density at radius 2 is 1.39 bits per heavy atom. The Morgan fingerprint density at radius 1 is 0.833 bits per heavy atom. The molecular weight excluding hydrogens is 493 g/mol. The molecule has 5 rings (SSSR count). The number of dihydropyridines is 1. The van der Waals surface area contributed by atoms with Crippen LogP contribution in [0.3, 0.4) is 0 Å². The zero-order valence-electron chi connectivity index (χ0n) is 21.1. The van der Waals surface area contributed by atoms with E-state index >= 15 is 0 Å². The minimum Gasteiger partial charge on any atom is -0.487 e. The minimum atomic E-state index is -0.411. The molecule has 6 heteroatoms. The van der Waals surface area contributed by atoms with Gasteiger partial charge < -0.3 is 10.1 Å². The Kier molecular flexibility index (Phi) is 6.33. The van der Waals surface area contributed by atoms with Crippen molar-refractivity contribution in [3.8, 4) is 5.75 Å². The smallest absolute Gasteiger partial charge is 0.162 e. The number of ketones is 2. The first kappa shape index (κ1) is 25.1. The van der Waals surface area contributed by atoms with Gasteiger partial charge in [-0.3, -0.25) is 9.59 Å². The van der Waals surface area contributed by atoms with Gasteiger partial charge in [0.05, 0.1) is 5.02 Å². The van der Waals surface area contributed by atoms with Crippen LogP contribution in [-0.2, 0) is 16.2 Å². The van der Waals surface area contributed by atoms with Gasteiger partial charge in [-0.1, -0.05) is 69.1 Å². The maximum Gasteiger partial charge on any atom is 0.162 e. The van der Waals surface area contributed by atoms with E-state index < -0.39 is 5.92 Å². The van der Waals surface area contributed by atoms with Gasteiger partial charge in [-0.25, -0.2) is 0 Å². The first-order chi connectivity index (χ1) is 16.9. The summed E-state index contributed by atoms with van der Waals surface area (Å²) in [6.07, 6.45) is 2.46. The van der Waals surface area contributed by atoms with Gasteiger partial charge in [0.2, 0.25) is 0 Å². The van der Waals surface area contributed by atoms with Crippen molar-refractivity contribution in [3.05, 3.63) is 86.2 Å². The predicted octanol–water partition coefficient (Wildman–Crippen LogP) is 7.55. The van der Waals surface area contributed by atoms with Gasteiger partial charge in [0.15, 0.2) is 11.6 Å². The molecule has 0 spiro atoms. The molecule has 1 heterocycles. The molecule has 0 bridgehead atoms. The minimum absolute atomic E-state index is 0.0992. The van der Waals surface area contributed by atoms with Crippen LogP contribution in [0.1, 0.15) is 70.4 Å². The van der Waals surface area contributed by atoms with Crippen molar-refractivity contribution in [2.45, 2.75) is 65.9 Å². The highest BCUT2D eigenvalue weighted by atomic mass is 35.5. The van der Waals surface area contributed by atoms with Crippen molar-refractivity contribution < 1.29 is 14.3 Å². The van der Waals surface area contributed by atoms with Crippen LogP contribution in [0, 0.1) is 10.8 Å². The molecular formula is C30H31Cl2NO3. The Hall–Kier alpha value is -2.56. The lowest BCUT2D eigenvalue weighted by Gasteiger charge is -2.44. The molecule has 0 aromatic heterocycles. The average molecular weight is 524 g/mol. The zero-order valence-corrected chi connectivity index (χ0v) is 22.6. The Labute approximate surface area is 222 Å². The number of ether oxygens (including phenoxy) is 1. The van der Waals surface area contributed by atoms with Crippen LogP contribution in [0.5, 0.6) is 5.75 Å². The van der Waals surface area contributed by atoms with E-state index in [2.05, 4.69) is 33.0 Å². The second-order valence-corrected chi connectivity index (χ2v) is 12.7. The van der Waals surface area contributed by atoms with Gasteiger partial charge in [-0.05, 0) is 59.1 Å². The standard InChI is InChI=1S/C30H31Cl2NO3/c1-29(2)12-21-27(23(34)14-29)26(28-22(33-21)13-30(3,4)15-24(28)35)18-7-10-25(20(32)11-18)36-16-17-5-8-19(31)9-6-17/h5-11,26,33H,12-16H2,1-4H3. The molecule has 0 amide bonds. The zero-order chi connectivity index (χ0) is 25.8. The van der Waals surface area contributed by atoms with Crippen molar-refractivity contribution in [2.24, 2.45) is 10.8 Å². The third-order valence-corrected chi connectivity index (χ3v) is 7.86. The molecule has 4 nitrogen and oxygen atoms in total. The second-order valence-electron chi connectivity index (χ2n) is 11.8.